The Morgan fingerprint density at radius 3 is 2.86 bits per heavy atom. The van der Waals surface area contributed by atoms with Gasteiger partial charge >= 0.3 is 0 Å². The second-order valence-electron chi connectivity index (χ2n) is 5.95. The average molecular weight is 281 g/mol. The van der Waals surface area contributed by atoms with Gasteiger partial charge in [-0.05, 0) is 56.7 Å². The van der Waals surface area contributed by atoms with E-state index in [0.29, 0.717) is 5.92 Å². The molecule has 1 aliphatic rings. The molecular weight excluding hydrogens is 258 g/mol. The fourth-order valence-corrected chi connectivity index (χ4v) is 3.35. The number of hydrogen-bond donors (Lipinski definition) is 1. The van der Waals surface area contributed by atoms with Gasteiger partial charge in [0.1, 0.15) is 0 Å². The fourth-order valence-electron chi connectivity index (χ4n) is 3.35. The molecule has 3 nitrogen and oxygen atoms in total. The molecule has 0 saturated carbocycles. The Bertz CT molecular complexity index is 592. The number of rotatable bonds is 4. The van der Waals surface area contributed by atoms with E-state index < -0.39 is 0 Å². The summed E-state index contributed by atoms with van der Waals surface area (Å²) in [4.78, 5) is 8.93. The zero-order valence-electron chi connectivity index (χ0n) is 12.8. The van der Waals surface area contributed by atoms with Crippen molar-refractivity contribution >= 4 is 0 Å². The highest BCUT2D eigenvalue weighted by Gasteiger charge is 2.24. The molecule has 1 aromatic carbocycles. The molecule has 0 fully saturated rings. The van der Waals surface area contributed by atoms with Crippen LogP contribution in [0.15, 0.2) is 36.7 Å². The second-order valence-corrected chi connectivity index (χ2v) is 5.95. The predicted molar refractivity (Wildman–Crippen MR) is 85.3 cm³/mol. The monoisotopic (exact) mass is 281 g/mol. The average Bonchev–Trinajstić information content (AvgIpc) is 2.54. The molecule has 1 N–H and O–H groups in total. The number of fused-ring (bicyclic) bond motifs is 1. The van der Waals surface area contributed by atoms with E-state index >= 15 is 0 Å². The van der Waals surface area contributed by atoms with Gasteiger partial charge in [0.15, 0.2) is 0 Å². The van der Waals surface area contributed by atoms with Gasteiger partial charge in [-0.15, -0.1) is 0 Å². The van der Waals surface area contributed by atoms with Crippen molar-refractivity contribution in [2.75, 3.05) is 7.05 Å². The van der Waals surface area contributed by atoms with Gasteiger partial charge in [0.25, 0.3) is 0 Å². The van der Waals surface area contributed by atoms with Crippen LogP contribution in [0.3, 0.4) is 0 Å². The molecule has 3 heteroatoms. The van der Waals surface area contributed by atoms with Crippen molar-refractivity contribution in [3.05, 3.63) is 59.2 Å². The van der Waals surface area contributed by atoms with E-state index in [0.717, 1.165) is 17.8 Å². The summed E-state index contributed by atoms with van der Waals surface area (Å²) in [6.07, 6.45) is 8.64. The molecule has 0 aliphatic heterocycles. The summed E-state index contributed by atoms with van der Waals surface area (Å²) in [5.41, 5.74) is 5.07. The molecule has 110 valence electrons. The lowest BCUT2D eigenvalue weighted by Gasteiger charge is -2.28. The van der Waals surface area contributed by atoms with Crippen molar-refractivity contribution in [3.63, 3.8) is 0 Å². The van der Waals surface area contributed by atoms with Crippen molar-refractivity contribution in [3.8, 4) is 0 Å². The Balaban J connectivity index is 1.80. The zero-order valence-corrected chi connectivity index (χ0v) is 12.8. The van der Waals surface area contributed by atoms with Crippen LogP contribution < -0.4 is 5.32 Å². The van der Waals surface area contributed by atoms with Crippen LogP contribution in [0.5, 0.6) is 0 Å². The van der Waals surface area contributed by atoms with Crippen molar-refractivity contribution in [1.82, 2.24) is 15.3 Å². The Morgan fingerprint density at radius 2 is 2.10 bits per heavy atom. The van der Waals surface area contributed by atoms with Gasteiger partial charge < -0.3 is 5.32 Å². The molecule has 0 spiro atoms. The van der Waals surface area contributed by atoms with Crippen LogP contribution in [-0.2, 0) is 6.42 Å². The lowest BCUT2D eigenvalue weighted by Crippen LogP contribution is -2.22. The lowest BCUT2D eigenvalue weighted by atomic mass is 9.79. The smallest absolute Gasteiger partial charge is 0.0756 e. The van der Waals surface area contributed by atoms with Gasteiger partial charge in [-0.2, -0.15) is 0 Å². The minimum absolute atomic E-state index is 0.272. The maximum atomic E-state index is 4.55. The number of aryl methyl sites for hydroxylation is 2. The second kappa shape index (κ2) is 6.35. The molecule has 1 aromatic heterocycles. The lowest BCUT2D eigenvalue weighted by molar-refractivity contribution is 0.433. The first-order valence-electron chi connectivity index (χ1n) is 7.81. The predicted octanol–water partition coefficient (Wildman–Crippen LogP) is 3.56. The molecule has 0 radical (unpaired) electrons. The van der Waals surface area contributed by atoms with Crippen LogP contribution in [0.1, 0.15) is 53.7 Å². The molecule has 1 heterocycles. The quantitative estimate of drug-likeness (QED) is 0.931. The standard InChI is InChI=1S/C18H23N3/c1-13-11-21-18(12-20-13)17(19-2)10-15-8-5-7-14-6-3-4-9-16(14)15/h3-4,6,9,11-12,15,17,19H,5,7-8,10H2,1-2H3. The summed E-state index contributed by atoms with van der Waals surface area (Å²) in [6.45, 7) is 1.97. The third-order valence-corrected chi connectivity index (χ3v) is 4.52. The SMILES string of the molecule is CNC(CC1CCCc2ccccc21)c1cnc(C)cn1. The summed E-state index contributed by atoms with van der Waals surface area (Å²) in [5.74, 6) is 0.621. The van der Waals surface area contributed by atoms with Crippen LogP contribution >= 0.6 is 0 Å². The van der Waals surface area contributed by atoms with E-state index in [1.165, 1.54) is 30.4 Å². The first kappa shape index (κ1) is 14.2. The summed E-state index contributed by atoms with van der Waals surface area (Å²) >= 11 is 0. The van der Waals surface area contributed by atoms with Crippen molar-refractivity contribution in [2.45, 2.75) is 44.6 Å². The van der Waals surface area contributed by atoms with E-state index in [1.807, 2.05) is 26.4 Å². The molecule has 1 aliphatic carbocycles. The highest BCUT2D eigenvalue weighted by atomic mass is 14.9. The number of hydrogen-bond acceptors (Lipinski definition) is 3. The summed E-state index contributed by atoms with van der Waals surface area (Å²) in [5, 5.41) is 3.41. The topological polar surface area (TPSA) is 37.8 Å². The summed E-state index contributed by atoms with van der Waals surface area (Å²) < 4.78 is 0. The molecule has 0 bridgehead atoms. The Hall–Kier alpha value is -1.74. The van der Waals surface area contributed by atoms with Gasteiger partial charge in [0.2, 0.25) is 0 Å². The van der Waals surface area contributed by atoms with Gasteiger partial charge in [-0.3, -0.25) is 9.97 Å². The van der Waals surface area contributed by atoms with E-state index in [4.69, 9.17) is 0 Å². The molecule has 21 heavy (non-hydrogen) atoms. The highest BCUT2D eigenvalue weighted by molar-refractivity contribution is 5.33. The van der Waals surface area contributed by atoms with E-state index in [1.54, 1.807) is 0 Å². The molecule has 2 unspecified atom stereocenters. The maximum absolute atomic E-state index is 4.55. The first-order chi connectivity index (χ1) is 10.3. The fraction of sp³-hybridized carbons (Fsp3) is 0.444. The van der Waals surface area contributed by atoms with Crippen LogP contribution in [0, 0.1) is 6.92 Å². The van der Waals surface area contributed by atoms with Crippen molar-refractivity contribution in [1.29, 1.82) is 0 Å². The molecule has 3 rings (SSSR count). The molecule has 0 saturated heterocycles. The van der Waals surface area contributed by atoms with E-state index in [-0.39, 0.29) is 6.04 Å². The molecular formula is C18H23N3. The number of aromatic nitrogens is 2. The van der Waals surface area contributed by atoms with E-state index in [9.17, 15) is 0 Å². The zero-order chi connectivity index (χ0) is 14.7. The number of benzene rings is 1. The van der Waals surface area contributed by atoms with Crippen LogP contribution in [0.25, 0.3) is 0 Å². The van der Waals surface area contributed by atoms with Gasteiger partial charge in [0.05, 0.1) is 23.6 Å². The molecule has 2 atom stereocenters. The largest absolute Gasteiger partial charge is 0.312 e. The maximum Gasteiger partial charge on any atom is 0.0756 e. The Labute approximate surface area is 126 Å². The number of nitrogens with zero attached hydrogens (tertiary/aromatic N) is 2. The van der Waals surface area contributed by atoms with Gasteiger partial charge in [0, 0.05) is 6.20 Å². The van der Waals surface area contributed by atoms with E-state index in [2.05, 4.69) is 39.6 Å². The third kappa shape index (κ3) is 3.13. The van der Waals surface area contributed by atoms with Crippen LogP contribution in [0.4, 0.5) is 0 Å². The number of nitrogens with one attached hydrogen (secondary N) is 1. The van der Waals surface area contributed by atoms with Gasteiger partial charge in [-0.25, -0.2) is 0 Å². The summed E-state index contributed by atoms with van der Waals surface area (Å²) in [7, 11) is 2.01. The highest BCUT2D eigenvalue weighted by Crippen LogP contribution is 2.37. The van der Waals surface area contributed by atoms with Crippen LogP contribution in [-0.4, -0.2) is 17.0 Å². The molecule has 2 aromatic rings. The normalized spacial score (nSPS) is 19.0. The minimum Gasteiger partial charge on any atom is -0.312 e. The molecule has 0 amide bonds. The van der Waals surface area contributed by atoms with Crippen molar-refractivity contribution < 1.29 is 0 Å². The van der Waals surface area contributed by atoms with Crippen LogP contribution in [0.2, 0.25) is 0 Å². The third-order valence-electron chi connectivity index (χ3n) is 4.52. The van der Waals surface area contributed by atoms with Crippen molar-refractivity contribution in [2.24, 2.45) is 0 Å². The summed E-state index contributed by atoms with van der Waals surface area (Å²) in [6, 6.07) is 9.17. The van der Waals surface area contributed by atoms with Gasteiger partial charge in [-0.1, -0.05) is 24.3 Å². The first-order valence-corrected chi connectivity index (χ1v) is 7.81. The Morgan fingerprint density at radius 1 is 1.24 bits per heavy atom. The minimum atomic E-state index is 0.272. The Kier molecular flexibility index (Phi) is 4.30.